The zero-order chi connectivity index (χ0) is 20.9. The number of hydrogen-bond donors (Lipinski definition) is 3. The summed E-state index contributed by atoms with van der Waals surface area (Å²) in [5, 5.41) is 7.81. The van der Waals surface area contributed by atoms with E-state index in [0.29, 0.717) is 24.3 Å². The fourth-order valence-electron chi connectivity index (χ4n) is 3.00. The van der Waals surface area contributed by atoms with Crippen molar-refractivity contribution in [1.29, 1.82) is 0 Å². The van der Waals surface area contributed by atoms with Gasteiger partial charge in [-0.15, -0.1) is 11.8 Å². The largest absolute Gasteiger partial charge is 0.496 e. The minimum Gasteiger partial charge on any atom is -0.496 e. The third-order valence-corrected chi connectivity index (χ3v) is 6.03. The van der Waals surface area contributed by atoms with Gasteiger partial charge in [-0.1, -0.05) is 30.3 Å². The molecule has 0 aliphatic carbocycles. The van der Waals surface area contributed by atoms with Gasteiger partial charge in [0, 0.05) is 17.2 Å². The number of amides is 4. The molecule has 0 spiro atoms. The predicted molar refractivity (Wildman–Crippen MR) is 111 cm³/mol. The van der Waals surface area contributed by atoms with Gasteiger partial charge in [0.1, 0.15) is 11.3 Å². The molecule has 4 amide bonds. The highest BCUT2D eigenvalue weighted by atomic mass is 32.2. The summed E-state index contributed by atoms with van der Waals surface area (Å²) in [5.74, 6) is 0.556. The number of para-hydroxylation sites is 1. The predicted octanol–water partition coefficient (Wildman–Crippen LogP) is 2.36. The molecule has 3 N–H and O–H groups in total. The maximum Gasteiger partial charge on any atom is 0.322 e. The fraction of sp³-hybridized carbons (Fsp3) is 0.286. The van der Waals surface area contributed by atoms with Crippen LogP contribution in [-0.2, 0) is 11.2 Å². The molecule has 0 saturated carbocycles. The van der Waals surface area contributed by atoms with Gasteiger partial charge in [-0.2, -0.15) is 0 Å². The number of thioether (sulfide) groups is 1. The van der Waals surface area contributed by atoms with Crippen LogP contribution in [0.25, 0.3) is 0 Å². The minimum absolute atomic E-state index is 0.187. The van der Waals surface area contributed by atoms with Crippen LogP contribution in [0.1, 0.15) is 22.8 Å². The number of urea groups is 1. The third kappa shape index (κ3) is 4.89. The maximum atomic E-state index is 12.7. The zero-order valence-corrected chi connectivity index (χ0v) is 17.1. The van der Waals surface area contributed by atoms with Crippen molar-refractivity contribution in [3.63, 3.8) is 0 Å². The Morgan fingerprint density at radius 3 is 2.59 bits per heavy atom. The first-order valence-electron chi connectivity index (χ1n) is 9.18. The van der Waals surface area contributed by atoms with Crippen LogP contribution in [0.15, 0.2) is 53.4 Å². The Kier molecular flexibility index (Phi) is 6.43. The van der Waals surface area contributed by atoms with Crippen LogP contribution in [0.4, 0.5) is 4.79 Å². The number of imide groups is 1. The highest BCUT2D eigenvalue weighted by molar-refractivity contribution is 7.99. The Morgan fingerprint density at radius 2 is 1.86 bits per heavy atom. The van der Waals surface area contributed by atoms with Gasteiger partial charge in [0.05, 0.1) is 12.7 Å². The van der Waals surface area contributed by atoms with Gasteiger partial charge < -0.3 is 15.4 Å². The number of ether oxygens (including phenoxy) is 1. The van der Waals surface area contributed by atoms with Gasteiger partial charge in [0.15, 0.2) is 0 Å². The van der Waals surface area contributed by atoms with Crippen molar-refractivity contribution < 1.29 is 19.1 Å². The molecule has 1 atom stereocenters. The van der Waals surface area contributed by atoms with Crippen LogP contribution in [0.5, 0.6) is 5.75 Å². The molecule has 152 valence electrons. The first kappa shape index (κ1) is 20.7. The van der Waals surface area contributed by atoms with Crippen LogP contribution in [0, 0.1) is 0 Å². The van der Waals surface area contributed by atoms with Crippen molar-refractivity contribution in [3.05, 3.63) is 59.7 Å². The Morgan fingerprint density at radius 1 is 1.14 bits per heavy atom. The number of carbonyl (C=O) groups is 3. The van der Waals surface area contributed by atoms with Gasteiger partial charge in [-0.05, 0) is 37.1 Å². The molecule has 1 fully saturated rings. The van der Waals surface area contributed by atoms with E-state index in [0.717, 1.165) is 16.2 Å². The second kappa shape index (κ2) is 9.00. The summed E-state index contributed by atoms with van der Waals surface area (Å²) in [5.41, 5.74) is 0.551. The Labute approximate surface area is 173 Å². The zero-order valence-electron chi connectivity index (χ0n) is 16.3. The normalized spacial score (nSPS) is 18.1. The summed E-state index contributed by atoms with van der Waals surface area (Å²) < 4.78 is 5.33. The van der Waals surface area contributed by atoms with Crippen molar-refractivity contribution >= 4 is 29.6 Å². The monoisotopic (exact) mass is 413 g/mol. The fourth-order valence-corrected chi connectivity index (χ4v) is 4.14. The smallest absolute Gasteiger partial charge is 0.322 e. The summed E-state index contributed by atoms with van der Waals surface area (Å²) in [7, 11) is 1.62. The van der Waals surface area contributed by atoms with Crippen molar-refractivity contribution in [2.75, 3.05) is 19.4 Å². The molecule has 0 unspecified atom stereocenters. The van der Waals surface area contributed by atoms with E-state index < -0.39 is 11.6 Å². The molecular formula is C21H23N3O4S. The number of methoxy groups -OCH3 is 1. The quantitative estimate of drug-likeness (QED) is 0.456. The first-order chi connectivity index (χ1) is 13.9. The molecule has 29 heavy (non-hydrogen) atoms. The van der Waals surface area contributed by atoms with Crippen molar-refractivity contribution in [3.8, 4) is 5.75 Å². The highest BCUT2D eigenvalue weighted by Gasteiger charge is 2.41. The van der Waals surface area contributed by atoms with E-state index in [9.17, 15) is 14.4 Å². The average Bonchev–Trinajstić information content (AvgIpc) is 2.98. The van der Waals surface area contributed by atoms with Crippen LogP contribution in [0.3, 0.4) is 0 Å². The van der Waals surface area contributed by atoms with E-state index in [-0.39, 0.29) is 11.8 Å². The number of benzene rings is 2. The van der Waals surface area contributed by atoms with Gasteiger partial charge in [-0.25, -0.2) is 4.79 Å². The molecule has 2 aromatic rings. The highest BCUT2D eigenvalue weighted by Crippen LogP contribution is 2.27. The van der Waals surface area contributed by atoms with Gasteiger partial charge in [0.2, 0.25) is 0 Å². The molecule has 0 bridgehead atoms. The second-order valence-electron chi connectivity index (χ2n) is 6.84. The SMILES string of the molecule is COc1ccccc1CCNC(=O)c1ccccc1SC[C@@]1(C)NC(=O)NC1=O. The first-order valence-corrected chi connectivity index (χ1v) is 10.2. The summed E-state index contributed by atoms with van der Waals surface area (Å²) in [6, 6.07) is 14.4. The summed E-state index contributed by atoms with van der Waals surface area (Å²) in [4.78, 5) is 36.8. The van der Waals surface area contributed by atoms with Gasteiger partial charge in [-0.3, -0.25) is 14.9 Å². The maximum absolute atomic E-state index is 12.7. The lowest BCUT2D eigenvalue weighted by atomic mass is 10.1. The van der Waals surface area contributed by atoms with Crippen molar-refractivity contribution in [2.45, 2.75) is 23.8 Å². The molecule has 3 rings (SSSR count). The number of hydrogen-bond acceptors (Lipinski definition) is 5. The molecule has 0 aromatic heterocycles. The molecule has 8 heteroatoms. The van der Waals surface area contributed by atoms with Crippen molar-refractivity contribution in [2.24, 2.45) is 0 Å². The number of nitrogens with one attached hydrogen (secondary N) is 3. The molecule has 0 radical (unpaired) electrons. The standard InChI is InChI=1S/C21H23N3O4S/c1-21(19(26)23-20(27)24-21)13-29-17-10-6-4-8-15(17)18(25)22-12-11-14-7-3-5-9-16(14)28-2/h3-10H,11-13H2,1-2H3,(H,22,25)(H2,23,24,26,27)/t21-/m1/s1. The van der Waals surface area contributed by atoms with E-state index in [4.69, 9.17) is 4.74 Å². The second-order valence-corrected chi connectivity index (χ2v) is 7.86. The van der Waals surface area contributed by atoms with Crippen LogP contribution >= 0.6 is 11.8 Å². The van der Waals surface area contributed by atoms with Gasteiger partial charge >= 0.3 is 6.03 Å². The van der Waals surface area contributed by atoms with E-state index in [1.54, 1.807) is 26.2 Å². The number of carbonyl (C=O) groups excluding carboxylic acids is 3. The topological polar surface area (TPSA) is 96.5 Å². The number of rotatable bonds is 8. The van der Waals surface area contributed by atoms with E-state index in [1.807, 2.05) is 36.4 Å². The molecule has 1 aliphatic heterocycles. The van der Waals surface area contributed by atoms with E-state index in [1.165, 1.54) is 11.8 Å². The Hall–Kier alpha value is -3.00. The average molecular weight is 413 g/mol. The minimum atomic E-state index is -1.00. The molecule has 1 saturated heterocycles. The van der Waals surface area contributed by atoms with Crippen molar-refractivity contribution in [1.82, 2.24) is 16.0 Å². The van der Waals surface area contributed by atoms with Crippen LogP contribution in [-0.4, -0.2) is 42.8 Å². The molecular weight excluding hydrogens is 390 g/mol. The molecule has 1 aliphatic rings. The lowest BCUT2D eigenvalue weighted by Gasteiger charge is -2.20. The molecule has 7 nitrogen and oxygen atoms in total. The molecule has 2 aromatic carbocycles. The Bertz CT molecular complexity index is 934. The molecule has 1 heterocycles. The van der Waals surface area contributed by atoms with E-state index >= 15 is 0 Å². The summed E-state index contributed by atoms with van der Waals surface area (Å²) in [6.45, 7) is 2.13. The Balaban J connectivity index is 1.61. The van der Waals surface area contributed by atoms with Gasteiger partial charge in [0.25, 0.3) is 11.8 Å². The summed E-state index contributed by atoms with van der Waals surface area (Å²) >= 11 is 1.36. The lowest BCUT2D eigenvalue weighted by molar-refractivity contribution is -0.122. The lowest BCUT2D eigenvalue weighted by Crippen LogP contribution is -2.46. The summed E-state index contributed by atoms with van der Waals surface area (Å²) in [6.07, 6.45) is 0.648. The van der Waals surface area contributed by atoms with Crippen LogP contribution in [0.2, 0.25) is 0 Å². The van der Waals surface area contributed by atoms with E-state index in [2.05, 4.69) is 16.0 Å². The van der Waals surface area contributed by atoms with Crippen LogP contribution < -0.4 is 20.7 Å². The third-order valence-electron chi connectivity index (χ3n) is 4.64.